The van der Waals surface area contributed by atoms with E-state index in [1.54, 1.807) is 11.8 Å². The molecule has 0 aromatic rings. The summed E-state index contributed by atoms with van der Waals surface area (Å²) in [5.41, 5.74) is 5.89. The monoisotopic (exact) mass is 197 g/mol. The van der Waals surface area contributed by atoms with Crippen LogP contribution in [0.25, 0.3) is 0 Å². The average molecular weight is 197 g/mol. The molecule has 0 spiro atoms. The second kappa shape index (κ2) is 2.77. The van der Waals surface area contributed by atoms with Gasteiger partial charge in [-0.05, 0) is 17.9 Å². The van der Waals surface area contributed by atoms with Crippen LogP contribution in [0, 0.1) is 11.3 Å². The topological polar surface area (TPSA) is 43.1 Å². The Morgan fingerprint density at radius 1 is 1.62 bits per heavy atom. The maximum absolute atomic E-state index is 11.7. The van der Waals surface area contributed by atoms with Crippen LogP contribution in [-0.2, 0) is 4.79 Å². The number of allylic oxidation sites excluding steroid dienone is 1. The van der Waals surface area contributed by atoms with Crippen LogP contribution in [0.4, 0.5) is 0 Å². The van der Waals surface area contributed by atoms with E-state index in [4.69, 9.17) is 5.73 Å². The highest BCUT2D eigenvalue weighted by molar-refractivity contribution is 8.03. The van der Waals surface area contributed by atoms with E-state index in [1.807, 2.05) is 6.08 Å². The first kappa shape index (κ1) is 9.13. The molecule has 0 bridgehead atoms. The minimum atomic E-state index is 0.109. The lowest BCUT2D eigenvalue weighted by Crippen LogP contribution is -2.36. The van der Waals surface area contributed by atoms with E-state index in [1.165, 1.54) is 0 Å². The van der Waals surface area contributed by atoms with Gasteiger partial charge in [-0.1, -0.05) is 13.8 Å². The number of carbonyl (C=O) groups is 1. The molecule has 72 valence electrons. The van der Waals surface area contributed by atoms with Crippen molar-refractivity contribution >= 4 is 17.5 Å². The van der Waals surface area contributed by atoms with Gasteiger partial charge in [0.1, 0.15) is 5.78 Å². The molecular weight excluding hydrogens is 182 g/mol. The molecular formula is C10H15NOS. The summed E-state index contributed by atoms with van der Waals surface area (Å²) in [5, 5.41) is 1.25. The Labute approximate surface area is 82.9 Å². The fourth-order valence-corrected chi connectivity index (χ4v) is 3.73. The largest absolute Gasteiger partial charge is 0.394 e. The van der Waals surface area contributed by atoms with Crippen LogP contribution in [0.2, 0.25) is 0 Å². The van der Waals surface area contributed by atoms with Crippen molar-refractivity contribution in [2.75, 3.05) is 0 Å². The summed E-state index contributed by atoms with van der Waals surface area (Å²) in [6.45, 7) is 4.33. The molecule has 1 fully saturated rings. The molecule has 3 heteroatoms. The lowest BCUT2D eigenvalue weighted by molar-refractivity contribution is -0.125. The quantitative estimate of drug-likeness (QED) is 0.645. The van der Waals surface area contributed by atoms with Gasteiger partial charge in [0.05, 0.1) is 10.9 Å². The summed E-state index contributed by atoms with van der Waals surface area (Å²) >= 11 is 1.67. The van der Waals surface area contributed by atoms with Crippen molar-refractivity contribution in [1.82, 2.24) is 0 Å². The first-order valence-electron chi connectivity index (χ1n) is 4.65. The maximum atomic E-state index is 11.7. The van der Waals surface area contributed by atoms with E-state index in [0.717, 1.165) is 11.4 Å². The van der Waals surface area contributed by atoms with Crippen molar-refractivity contribution in [2.45, 2.75) is 31.9 Å². The molecule has 2 rings (SSSR count). The molecule has 2 nitrogen and oxygen atoms in total. The maximum Gasteiger partial charge on any atom is 0.141 e. The zero-order valence-electron chi connectivity index (χ0n) is 8.04. The third kappa shape index (κ3) is 1.62. The van der Waals surface area contributed by atoms with E-state index in [9.17, 15) is 4.79 Å². The zero-order valence-corrected chi connectivity index (χ0v) is 8.86. The second-order valence-electron chi connectivity index (χ2n) is 4.76. The van der Waals surface area contributed by atoms with Gasteiger partial charge in [0, 0.05) is 11.7 Å². The van der Waals surface area contributed by atoms with Crippen molar-refractivity contribution in [3.63, 3.8) is 0 Å². The molecule has 2 N–H and O–H groups in total. The van der Waals surface area contributed by atoms with Crippen LogP contribution in [0.15, 0.2) is 11.1 Å². The SMILES string of the molecule is CC1(C)CC(=O)[C@H]2C=C(N)S[C@H]2C1. The Hall–Kier alpha value is -0.440. The molecule has 1 aliphatic heterocycles. The lowest BCUT2D eigenvalue weighted by Gasteiger charge is -2.35. The molecule has 1 aliphatic carbocycles. The van der Waals surface area contributed by atoms with Crippen LogP contribution in [0.5, 0.6) is 0 Å². The standard InChI is InChI=1S/C10H15NOS/c1-10(2)4-7(12)6-3-9(11)13-8(6)5-10/h3,6,8H,4-5,11H2,1-2H3/t6-,8+/m1/s1. The Morgan fingerprint density at radius 2 is 2.31 bits per heavy atom. The number of rotatable bonds is 0. The summed E-state index contributed by atoms with van der Waals surface area (Å²) in [5.74, 6) is 0.479. The molecule has 1 heterocycles. The van der Waals surface area contributed by atoms with Crippen molar-refractivity contribution in [1.29, 1.82) is 0 Å². The first-order chi connectivity index (χ1) is 5.98. The molecule has 0 unspecified atom stereocenters. The van der Waals surface area contributed by atoms with Crippen molar-refractivity contribution in [2.24, 2.45) is 17.1 Å². The Bertz CT molecular complexity index is 283. The normalized spacial score (nSPS) is 37.1. The molecule has 0 saturated heterocycles. The number of fused-ring (bicyclic) bond motifs is 1. The molecule has 2 atom stereocenters. The van der Waals surface area contributed by atoms with E-state index in [0.29, 0.717) is 17.5 Å². The second-order valence-corrected chi connectivity index (χ2v) is 6.08. The lowest BCUT2D eigenvalue weighted by atomic mass is 9.72. The predicted octanol–water partition coefficient (Wildman–Crippen LogP) is 1.91. The molecule has 1 saturated carbocycles. The van der Waals surface area contributed by atoms with Gasteiger partial charge in [-0.3, -0.25) is 4.79 Å². The Balaban J connectivity index is 2.21. The Kier molecular flexibility index (Phi) is 1.95. The Morgan fingerprint density at radius 3 is 3.00 bits per heavy atom. The number of nitrogens with two attached hydrogens (primary N) is 1. The first-order valence-corrected chi connectivity index (χ1v) is 5.53. The smallest absolute Gasteiger partial charge is 0.141 e. The molecule has 0 aromatic carbocycles. The van der Waals surface area contributed by atoms with Crippen molar-refractivity contribution in [3.05, 3.63) is 11.1 Å². The summed E-state index contributed by atoms with van der Waals surface area (Å²) in [7, 11) is 0. The minimum absolute atomic E-state index is 0.109. The average Bonchev–Trinajstić information content (AvgIpc) is 2.27. The third-order valence-corrected chi connectivity index (χ3v) is 3.98. The van der Waals surface area contributed by atoms with E-state index >= 15 is 0 Å². The van der Waals surface area contributed by atoms with Crippen LogP contribution in [0.1, 0.15) is 26.7 Å². The highest BCUT2D eigenvalue weighted by atomic mass is 32.2. The van der Waals surface area contributed by atoms with Gasteiger partial charge in [-0.15, -0.1) is 11.8 Å². The number of thioether (sulfide) groups is 1. The molecule has 0 aromatic heterocycles. The summed E-state index contributed by atoms with van der Waals surface area (Å²) < 4.78 is 0. The van der Waals surface area contributed by atoms with Crippen LogP contribution >= 0.6 is 11.8 Å². The van der Waals surface area contributed by atoms with Gasteiger partial charge in [-0.25, -0.2) is 0 Å². The number of carbonyl (C=O) groups excluding carboxylic acids is 1. The van der Waals surface area contributed by atoms with Crippen LogP contribution in [-0.4, -0.2) is 11.0 Å². The zero-order chi connectivity index (χ0) is 9.64. The van der Waals surface area contributed by atoms with E-state index in [2.05, 4.69) is 13.8 Å². The van der Waals surface area contributed by atoms with E-state index in [-0.39, 0.29) is 11.3 Å². The van der Waals surface area contributed by atoms with Gasteiger partial charge in [0.15, 0.2) is 0 Å². The van der Waals surface area contributed by atoms with Gasteiger partial charge in [-0.2, -0.15) is 0 Å². The number of hydrogen-bond acceptors (Lipinski definition) is 3. The highest BCUT2D eigenvalue weighted by Gasteiger charge is 2.42. The molecule has 2 aliphatic rings. The molecule has 13 heavy (non-hydrogen) atoms. The predicted molar refractivity (Wildman–Crippen MR) is 55.2 cm³/mol. The fraction of sp³-hybridized carbons (Fsp3) is 0.700. The van der Waals surface area contributed by atoms with Crippen LogP contribution in [0.3, 0.4) is 0 Å². The van der Waals surface area contributed by atoms with E-state index < -0.39 is 0 Å². The van der Waals surface area contributed by atoms with Crippen molar-refractivity contribution < 1.29 is 4.79 Å². The van der Waals surface area contributed by atoms with Crippen molar-refractivity contribution in [3.8, 4) is 0 Å². The van der Waals surface area contributed by atoms with Gasteiger partial charge in [0.2, 0.25) is 0 Å². The van der Waals surface area contributed by atoms with Gasteiger partial charge < -0.3 is 5.73 Å². The van der Waals surface area contributed by atoms with Gasteiger partial charge >= 0.3 is 0 Å². The fourth-order valence-electron chi connectivity index (χ4n) is 2.25. The minimum Gasteiger partial charge on any atom is -0.394 e. The number of Topliss-reactive ketones (excluding diaryl/α,β-unsaturated/α-hetero) is 1. The van der Waals surface area contributed by atoms with Gasteiger partial charge in [0.25, 0.3) is 0 Å². The third-order valence-electron chi connectivity index (χ3n) is 2.81. The number of ketones is 1. The summed E-state index contributed by atoms with van der Waals surface area (Å²) in [6.07, 6.45) is 3.75. The number of hydrogen-bond donors (Lipinski definition) is 1. The molecule has 0 amide bonds. The van der Waals surface area contributed by atoms with Crippen LogP contribution < -0.4 is 5.73 Å². The summed E-state index contributed by atoms with van der Waals surface area (Å²) in [6, 6.07) is 0. The molecule has 0 radical (unpaired) electrons. The highest BCUT2D eigenvalue weighted by Crippen LogP contribution is 2.47. The summed E-state index contributed by atoms with van der Waals surface area (Å²) in [4.78, 5) is 11.7.